The molecule has 0 saturated heterocycles. The van der Waals surface area contributed by atoms with Crippen LogP contribution in [0.2, 0.25) is 0 Å². The summed E-state index contributed by atoms with van der Waals surface area (Å²) in [5, 5.41) is 16.6. The number of anilines is 1. The largest absolute Gasteiger partial charge is 0.481 e. The summed E-state index contributed by atoms with van der Waals surface area (Å²) >= 11 is 0. The van der Waals surface area contributed by atoms with Gasteiger partial charge in [-0.25, -0.2) is 4.98 Å². The highest BCUT2D eigenvalue weighted by Gasteiger charge is 2.36. The Morgan fingerprint density at radius 3 is 2.71 bits per heavy atom. The predicted molar refractivity (Wildman–Crippen MR) is 100 cm³/mol. The molecule has 2 aromatic rings. The van der Waals surface area contributed by atoms with Gasteiger partial charge in [0.05, 0.1) is 23.2 Å². The van der Waals surface area contributed by atoms with Crippen LogP contribution >= 0.6 is 0 Å². The molecular formula is C19H23N5O4. The average molecular weight is 385 g/mol. The van der Waals surface area contributed by atoms with Crippen molar-refractivity contribution in [1.29, 1.82) is 0 Å². The number of aliphatic carboxylic acids is 1. The van der Waals surface area contributed by atoms with Crippen LogP contribution < -0.4 is 10.9 Å². The number of aromatic amines is 1. The smallest absolute Gasteiger partial charge is 0.307 e. The van der Waals surface area contributed by atoms with E-state index in [0.717, 1.165) is 37.8 Å². The molecule has 3 N–H and O–H groups in total. The first-order valence-corrected chi connectivity index (χ1v) is 9.67. The van der Waals surface area contributed by atoms with E-state index in [9.17, 15) is 19.5 Å². The van der Waals surface area contributed by atoms with E-state index in [1.165, 1.54) is 4.68 Å². The number of fused-ring (bicyclic) bond motifs is 1. The molecule has 2 atom stereocenters. The van der Waals surface area contributed by atoms with Crippen LogP contribution in [0.5, 0.6) is 0 Å². The first-order valence-electron chi connectivity index (χ1n) is 9.67. The Morgan fingerprint density at radius 1 is 1.21 bits per heavy atom. The van der Waals surface area contributed by atoms with Gasteiger partial charge >= 0.3 is 5.97 Å². The monoisotopic (exact) mass is 385 g/mol. The predicted octanol–water partition coefficient (Wildman–Crippen LogP) is 1.58. The quantitative estimate of drug-likeness (QED) is 0.733. The molecule has 1 amide bonds. The van der Waals surface area contributed by atoms with Crippen molar-refractivity contribution in [1.82, 2.24) is 19.7 Å². The normalized spacial score (nSPS) is 21.3. The minimum Gasteiger partial charge on any atom is -0.481 e. The van der Waals surface area contributed by atoms with Gasteiger partial charge in [-0.05, 0) is 39.0 Å². The summed E-state index contributed by atoms with van der Waals surface area (Å²) in [4.78, 5) is 43.9. The maximum atomic E-state index is 12.8. The zero-order valence-corrected chi connectivity index (χ0v) is 15.7. The van der Waals surface area contributed by atoms with E-state index < -0.39 is 17.8 Å². The molecule has 1 saturated carbocycles. The molecule has 2 aromatic heterocycles. The Balaban J connectivity index is 1.64. The van der Waals surface area contributed by atoms with Gasteiger partial charge < -0.3 is 10.4 Å². The number of rotatable bonds is 4. The molecule has 9 nitrogen and oxygen atoms in total. The van der Waals surface area contributed by atoms with Crippen LogP contribution in [0.1, 0.15) is 49.1 Å². The highest BCUT2D eigenvalue weighted by Crippen LogP contribution is 2.31. The number of nitrogens with zero attached hydrogens (tertiary/aromatic N) is 3. The zero-order valence-electron chi connectivity index (χ0n) is 15.7. The van der Waals surface area contributed by atoms with E-state index in [4.69, 9.17) is 0 Å². The summed E-state index contributed by atoms with van der Waals surface area (Å²) in [6.45, 7) is 1.78. The average Bonchev–Trinajstić information content (AvgIpc) is 3.28. The van der Waals surface area contributed by atoms with Crippen LogP contribution in [-0.2, 0) is 22.4 Å². The van der Waals surface area contributed by atoms with Gasteiger partial charge in [-0.1, -0.05) is 12.8 Å². The van der Waals surface area contributed by atoms with Crippen LogP contribution in [0.4, 0.5) is 5.82 Å². The summed E-state index contributed by atoms with van der Waals surface area (Å²) in [5.74, 6) is -1.90. The molecule has 0 aliphatic heterocycles. The summed E-state index contributed by atoms with van der Waals surface area (Å²) in [5.41, 5.74) is 1.95. The number of nitrogens with one attached hydrogen (secondary N) is 2. The van der Waals surface area contributed by atoms with Crippen molar-refractivity contribution < 1.29 is 14.7 Å². The van der Waals surface area contributed by atoms with E-state index in [1.807, 2.05) is 0 Å². The SMILES string of the molecule is Cc1cc(NC(=O)[C@H]2CCCC[C@@H]2C(=O)O)n(-c2nc3c(c(=O)[nH]2)CCC3)n1. The Kier molecular flexibility index (Phi) is 4.74. The third kappa shape index (κ3) is 3.32. The Bertz CT molecular complexity index is 993. The molecular weight excluding hydrogens is 362 g/mol. The van der Waals surface area contributed by atoms with Gasteiger partial charge in [0, 0.05) is 11.6 Å². The second-order valence-electron chi connectivity index (χ2n) is 7.58. The number of aryl methyl sites for hydroxylation is 2. The van der Waals surface area contributed by atoms with Gasteiger partial charge in [-0.2, -0.15) is 9.78 Å². The Morgan fingerprint density at radius 2 is 1.96 bits per heavy atom. The van der Waals surface area contributed by atoms with Gasteiger partial charge in [0.15, 0.2) is 0 Å². The third-order valence-electron chi connectivity index (χ3n) is 5.63. The summed E-state index contributed by atoms with van der Waals surface area (Å²) in [6, 6.07) is 1.68. The third-order valence-corrected chi connectivity index (χ3v) is 5.63. The van der Waals surface area contributed by atoms with Gasteiger partial charge in [-0.3, -0.25) is 19.4 Å². The molecule has 2 aliphatic rings. The first kappa shape index (κ1) is 18.4. The number of carboxylic acids is 1. The van der Waals surface area contributed by atoms with Crippen LogP contribution in [0, 0.1) is 18.8 Å². The second-order valence-corrected chi connectivity index (χ2v) is 7.58. The minimum atomic E-state index is -0.936. The van der Waals surface area contributed by atoms with Crippen molar-refractivity contribution in [2.45, 2.75) is 51.9 Å². The number of carbonyl (C=O) groups excluding carboxylic acids is 1. The van der Waals surface area contributed by atoms with Crippen molar-refractivity contribution in [3.63, 3.8) is 0 Å². The second kappa shape index (κ2) is 7.21. The van der Waals surface area contributed by atoms with Gasteiger partial charge in [-0.15, -0.1) is 0 Å². The zero-order chi connectivity index (χ0) is 19.8. The van der Waals surface area contributed by atoms with Crippen LogP contribution in [-0.4, -0.2) is 36.7 Å². The molecule has 4 rings (SSSR count). The van der Waals surface area contributed by atoms with Crippen LogP contribution in [0.3, 0.4) is 0 Å². The molecule has 2 heterocycles. The number of amides is 1. The van der Waals surface area contributed by atoms with Crippen molar-refractivity contribution in [2.75, 3.05) is 5.32 Å². The summed E-state index contributed by atoms with van der Waals surface area (Å²) in [7, 11) is 0. The summed E-state index contributed by atoms with van der Waals surface area (Å²) in [6.07, 6.45) is 5.07. The lowest BCUT2D eigenvalue weighted by Crippen LogP contribution is -2.36. The number of carboxylic acid groups (broad SMARTS) is 1. The molecule has 0 radical (unpaired) electrons. The fraction of sp³-hybridized carbons (Fsp3) is 0.526. The van der Waals surface area contributed by atoms with Crippen molar-refractivity contribution in [3.05, 3.63) is 33.4 Å². The standard InChI is InChI=1S/C19H23N5O4/c1-10-9-15(21-16(25)11-5-2-3-6-12(11)18(27)28)24(23-10)19-20-14-8-4-7-13(14)17(26)22-19/h9,11-12H,2-8H2,1H3,(H,21,25)(H,27,28)(H,20,22,26)/t11-,12-/m0/s1. The number of H-pyrrole nitrogens is 1. The lowest BCUT2D eigenvalue weighted by atomic mass is 9.79. The molecule has 0 aromatic carbocycles. The first-order chi connectivity index (χ1) is 13.4. The fourth-order valence-electron chi connectivity index (χ4n) is 4.24. The van der Waals surface area contributed by atoms with E-state index in [1.54, 1.807) is 13.0 Å². The van der Waals surface area contributed by atoms with Crippen LogP contribution in [0.25, 0.3) is 5.95 Å². The van der Waals surface area contributed by atoms with Crippen molar-refractivity contribution in [2.24, 2.45) is 11.8 Å². The maximum Gasteiger partial charge on any atom is 0.307 e. The molecule has 0 unspecified atom stereocenters. The van der Waals surface area contributed by atoms with E-state index in [0.29, 0.717) is 29.9 Å². The molecule has 0 spiro atoms. The number of hydrogen-bond acceptors (Lipinski definition) is 5. The van der Waals surface area contributed by atoms with E-state index in [2.05, 4.69) is 20.4 Å². The van der Waals surface area contributed by atoms with E-state index in [-0.39, 0.29) is 17.4 Å². The minimum absolute atomic E-state index is 0.179. The Hall–Kier alpha value is -2.97. The molecule has 1 fully saturated rings. The lowest BCUT2D eigenvalue weighted by Gasteiger charge is -2.27. The summed E-state index contributed by atoms with van der Waals surface area (Å²) < 4.78 is 1.41. The lowest BCUT2D eigenvalue weighted by molar-refractivity contribution is -0.147. The number of aromatic nitrogens is 4. The molecule has 0 bridgehead atoms. The number of carbonyl (C=O) groups is 2. The molecule has 148 valence electrons. The fourth-order valence-corrected chi connectivity index (χ4v) is 4.24. The highest BCUT2D eigenvalue weighted by molar-refractivity contribution is 5.94. The van der Waals surface area contributed by atoms with Crippen molar-refractivity contribution in [3.8, 4) is 5.95 Å². The maximum absolute atomic E-state index is 12.8. The topological polar surface area (TPSA) is 130 Å². The van der Waals surface area contributed by atoms with Crippen LogP contribution in [0.15, 0.2) is 10.9 Å². The number of hydrogen-bond donors (Lipinski definition) is 3. The van der Waals surface area contributed by atoms with E-state index >= 15 is 0 Å². The Labute approximate surface area is 161 Å². The molecule has 2 aliphatic carbocycles. The van der Waals surface area contributed by atoms with Gasteiger partial charge in [0.25, 0.3) is 5.56 Å². The highest BCUT2D eigenvalue weighted by atomic mass is 16.4. The van der Waals surface area contributed by atoms with Crippen molar-refractivity contribution >= 4 is 17.7 Å². The van der Waals surface area contributed by atoms with Gasteiger partial charge in [0.1, 0.15) is 5.82 Å². The molecule has 9 heteroatoms. The molecule has 28 heavy (non-hydrogen) atoms. The van der Waals surface area contributed by atoms with Gasteiger partial charge in [0.2, 0.25) is 11.9 Å².